The van der Waals surface area contributed by atoms with E-state index in [1.54, 1.807) is 6.07 Å². The lowest BCUT2D eigenvalue weighted by molar-refractivity contribution is -0.120. The van der Waals surface area contributed by atoms with Gasteiger partial charge in [0.2, 0.25) is 5.91 Å². The summed E-state index contributed by atoms with van der Waals surface area (Å²) in [5.41, 5.74) is 5.28. The van der Waals surface area contributed by atoms with Crippen molar-refractivity contribution in [2.24, 2.45) is 11.7 Å². The first-order chi connectivity index (χ1) is 6.93. The molecule has 1 atom stereocenters. The SMILES string of the molecule is CC(C)[C@@H](C(N)=O)c1ccc(C(=O)O)s1. The van der Waals surface area contributed by atoms with Gasteiger partial charge >= 0.3 is 5.97 Å². The molecule has 0 unspecified atom stereocenters. The zero-order chi connectivity index (χ0) is 11.6. The molecule has 0 radical (unpaired) electrons. The Bertz CT molecular complexity index is 384. The number of primary amides is 1. The van der Waals surface area contributed by atoms with Crippen LogP contribution < -0.4 is 5.73 Å². The first-order valence-corrected chi connectivity index (χ1v) is 5.37. The average Bonchev–Trinajstić information content (AvgIpc) is 2.51. The first-order valence-electron chi connectivity index (χ1n) is 4.55. The van der Waals surface area contributed by atoms with Crippen LogP contribution in [0.4, 0.5) is 0 Å². The molecule has 1 amide bonds. The molecule has 5 heteroatoms. The molecule has 0 bridgehead atoms. The fourth-order valence-electron chi connectivity index (χ4n) is 1.43. The maximum atomic E-state index is 11.2. The molecule has 0 aliphatic carbocycles. The maximum absolute atomic E-state index is 11.2. The minimum atomic E-state index is -0.974. The molecule has 3 N–H and O–H groups in total. The van der Waals surface area contributed by atoms with Gasteiger partial charge in [-0.05, 0) is 18.1 Å². The van der Waals surface area contributed by atoms with Crippen molar-refractivity contribution in [2.45, 2.75) is 19.8 Å². The van der Waals surface area contributed by atoms with Crippen LogP contribution in [0.25, 0.3) is 0 Å². The van der Waals surface area contributed by atoms with Crippen molar-refractivity contribution in [1.82, 2.24) is 0 Å². The minimum Gasteiger partial charge on any atom is -0.477 e. The minimum absolute atomic E-state index is 0.0720. The van der Waals surface area contributed by atoms with E-state index in [-0.39, 0.29) is 10.8 Å². The van der Waals surface area contributed by atoms with E-state index in [0.717, 1.165) is 16.2 Å². The lowest BCUT2D eigenvalue weighted by Crippen LogP contribution is -2.24. The van der Waals surface area contributed by atoms with E-state index >= 15 is 0 Å². The summed E-state index contributed by atoms with van der Waals surface area (Å²) < 4.78 is 0. The van der Waals surface area contributed by atoms with Gasteiger partial charge in [0.15, 0.2) is 0 Å². The predicted octanol–water partition coefficient (Wildman–Crippen LogP) is 1.67. The van der Waals surface area contributed by atoms with Crippen molar-refractivity contribution < 1.29 is 14.7 Å². The molecule has 82 valence electrons. The number of aromatic carboxylic acids is 1. The lowest BCUT2D eigenvalue weighted by atomic mass is 9.94. The molecule has 0 aromatic carbocycles. The van der Waals surface area contributed by atoms with Crippen molar-refractivity contribution in [2.75, 3.05) is 0 Å². The van der Waals surface area contributed by atoms with E-state index in [9.17, 15) is 9.59 Å². The first kappa shape index (κ1) is 11.7. The Morgan fingerprint density at radius 3 is 2.33 bits per heavy atom. The fourth-order valence-corrected chi connectivity index (χ4v) is 2.56. The zero-order valence-corrected chi connectivity index (χ0v) is 9.38. The third kappa shape index (κ3) is 2.56. The van der Waals surface area contributed by atoms with E-state index in [0.29, 0.717) is 0 Å². The topological polar surface area (TPSA) is 80.4 Å². The Morgan fingerprint density at radius 1 is 1.40 bits per heavy atom. The summed E-state index contributed by atoms with van der Waals surface area (Å²) in [5, 5.41) is 8.75. The molecule has 1 aromatic rings. The van der Waals surface area contributed by atoms with Crippen molar-refractivity contribution in [3.63, 3.8) is 0 Å². The second-order valence-corrected chi connectivity index (χ2v) is 4.75. The average molecular weight is 227 g/mol. The highest BCUT2D eigenvalue weighted by Crippen LogP contribution is 2.30. The highest BCUT2D eigenvalue weighted by Gasteiger charge is 2.24. The third-order valence-electron chi connectivity index (χ3n) is 2.12. The van der Waals surface area contributed by atoms with Crippen LogP contribution >= 0.6 is 11.3 Å². The largest absolute Gasteiger partial charge is 0.477 e. The van der Waals surface area contributed by atoms with Gasteiger partial charge in [0.1, 0.15) is 4.88 Å². The van der Waals surface area contributed by atoms with E-state index in [1.807, 2.05) is 13.8 Å². The van der Waals surface area contributed by atoms with Crippen LogP contribution in [0.3, 0.4) is 0 Å². The van der Waals surface area contributed by atoms with Crippen LogP contribution in [0.15, 0.2) is 12.1 Å². The predicted molar refractivity (Wildman–Crippen MR) is 58.1 cm³/mol. The summed E-state index contributed by atoms with van der Waals surface area (Å²) in [6.45, 7) is 3.77. The Balaban J connectivity index is 3.02. The lowest BCUT2D eigenvalue weighted by Gasteiger charge is -2.14. The number of carbonyl (C=O) groups excluding carboxylic acids is 1. The van der Waals surface area contributed by atoms with E-state index in [4.69, 9.17) is 10.8 Å². The molecule has 0 fully saturated rings. The Hall–Kier alpha value is -1.36. The van der Waals surface area contributed by atoms with Crippen LogP contribution in [0.1, 0.15) is 34.3 Å². The molecule has 0 aliphatic heterocycles. The summed E-state index contributed by atoms with van der Waals surface area (Å²) >= 11 is 1.11. The van der Waals surface area contributed by atoms with Gasteiger partial charge in [-0.1, -0.05) is 13.8 Å². The van der Waals surface area contributed by atoms with Crippen molar-refractivity contribution in [1.29, 1.82) is 0 Å². The van der Waals surface area contributed by atoms with Crippen LogP contribution in [-0.2, 0) is 4.79 Å². The van der Waals surface area contributed by atoms with Crippen molar-refractivity contribution >= 4 is 23.2 Å². The zero-order valence-electron chi connectivity index (χ0n) is 8.56. The van der Waals surface area contributed by atoms with Gasteiger partial charge in [0.25, 0.3) is 0 Å². The Morgan fingerprint density at radius 2 is 2.00 bits per heavy atom. The molecule has 0 aliphatic rings. The number of hydrogen-bond acceptors (Lipinski definition) is 3. The molecule has 1 rings (SSSR count). The molecule has 0 saturated carbocycles. The van der Waals surface area contributed by atoms with Gasteiger partial charge in [-0.15, -0.1) is 11.3 Å². The number of carboxylic acids is 1. The van der Waals surface area contributed by atoms with Gasteiger partial charge < -0.3 is 10.8 Å². The number of hydrogen-bond donors (Lipinski definition) is 2. The number of thiophene rings is 1. The molecule has 0 spiro atoms. The second kappa shape index (κ2) is 4.44. The van der Waals surface area contributed by atoms with Crippen LogP contribution in [-0.4, -0.2) is 17.0 Å². The monoisotopic (exact) mass is 227 g/mol. The molecular formula is C10H13NO3S. The van der Waals surface area contributed by atoms with Crippen molar-refractivity contribution in [3.8, 4) is 0 Å². The summed E-state index contributed by atoms with van der Waals surface area (Å²) in [6, 6.07) is 3.16. The van der Waals surface area contributed by atoms with Crippen LogP contribution in [0.5, 0.6) is 0 Å². The number of carbonyl (C=O) groups is 2. The molecular weight excluding hydrogens is 214 g/mol. The van der Waals surface area contributed by atoms with Gasteiger partial charge in [-0.25, -0.2) is 4.79 Å². The van der Waals surface area contributed by atoms with Gasteiger partial charge in [-0.2, -0.15) is 0 Å². The normalized spacial score (nSPS) is 12.7. The van der Waals surface area contributed by atoms with Gasteiger partial charge in [0.05, 0.1) is 5.92 Å². The summed E-state index contributed by atoms with van der Waals surface area (Å²) in [4.78, 5) is 22.8. The standard InChI is InChI=1S/C10H13NO3S/c1-5(2)8(9(11)12)6-3-4-7(15-6)10(13)14/h3-5,8H,1-2H3,(H2,11,12)(H,13,14)/t8-/m1/s1. The van der Waals surface area contributed by atoms with E-state index < -0.39 is 17.8 Å². The number of nitrogens with two attached hydrogens (primary N) is 1. The molecule has 1 aromatic heterocycles. The number of amides is 1. The number of rotatable bonds is 4. The summed E-state index contributed by atoms with van der Waals surface area (Å²) in [6.07, 6.45) is 0. The van der Waals surface area contributed by atoms with Crippen LogP contribution in [0, 0.1) is 5.92 Å². The van der Waals surface area contributed by atoms with Gasteiger partial charge in [0, 0.05) is 4.88 Å². The molecule has 0 saturated heterocycles. The quantitative estimate of drug-likeness (QED) is 0.821. The van der Waals surface area contributed by atoms with E-state index in [1.165, 1.54) is 6.07 Å². The molecule has 4 nitrogen and oxygen atoms in total. The van der Waals surface area contributed by atoms with Crippen LogP contribution in [0.2, 0.25) is 0 Å². The highest BCUT2D eigenvalue weighted by molar-refractivity contribution is 7.14. The molecule has 1 heterocycles. The molecule has 15 heavy (non-hydrogen) atoms. The fraction of sp³-hybridized carbons (Fsp3) is 0.400. The second-order valence-electron chi connectivity index (χ2n) is 3.63. The number of carboxylic acid groups (broad SMARTS) is 1. The smallest absolute Gasteiger partial charge is 0.345 e. The third-order valence-corrected chi connectivity index (χ3v) is 3.27. The Labute approximate surface area is 91.7 Å². The van der Waals surface area contributed by atoms with Gasteiger partial charge in [-0.3, -0.25) is 4.79 Å². The van der Waals surface area contributed by atoms with Crippen molar-refractivity contribution in [3.05, 3.63) is 21.9 Å². The summed E-state index contributed by atoms with van der Waals surface area (Å²) in [7, 11) is 0. The Kier molecular flexibility index (Phi) is 3.47. The van der Waals surface area contributed by atoms with E-state index in [2.05, 4.69) is 0 Å². The summed E-state index contributed by atoms with van der Waals surface area (Å²) in [5.74, 6) is -1.71. The highest BCUT2D eigenvalue weighted by atomic mass is 32.1. The maximum Gasteiger partial charge on any atom is 0.345 e.